The van der Waals surface area contributed by atoms with Crippen molar-refractivity contribution in [2.45, 2.75) is 13.8 Å². The molecule has 16 heavy (non-hydrogen) atoms. The van der Waals surface area contributed by atoms with Gasteiger partial charge in [-0.2, -0.15) is 12.6 Å². The Morgan fingerprint density at radius 3 is 2.00 bits per heavy atom. The van der Waals surface area contributed by atoms with Gasteiger partial charge in [0.1, 0.15) is 0 Å². The molecule has 0 aliphatic rings. The lowest BCUT2D eigenvalue weighted by molar-refractivity contribution is 0.0869. The van der Waals surface area contributed by atoms with Crippen LogP contribution < -0.4 is 0 Å². The molecule has 0 aliphatic heterocycles. The van der Waals surface area contributed by atoms with E-state index in [0.717, 1.165) is 57.4 Å². The lowest BCUT2D eigenvalue weighted by Gasteiger charge is -2.22. The minimum Gasteiger partial charge on any atom is -0.380 e. The number of hydrogen-bond acceptors (Lipinski definition) is 4. The molecule has 0 saturated carbocycles. The van der Waals surface area contributed by atoms with Crippen molar-refractivity contribution in [2.24, 2.45) is 0 Å². The van der Waals surface area contributed by atoms with Gasteiger partial charge < -0.3 is 9.47 Å². The van der Waals surface area contributed by atoms with Gasteiger partial charge in [0.15, 0.2) is 0 Å². The van der Waals surface area contributed by atoms with Crippen LogP contribution in [-0.4, -0.2) is 56.7 Å². The second kappa shape index (κ2) is 11.5. The summed E-state index contributed by atoms with van der Waals surface area (Å²) in [5.74, 6) is 0.736. The first-order valence-corrected chi connectivity index (χ1v) is 6.53. The first kappa shape index (κ1) is 16.0. The highest BCUT2D eigenvalue weighted by molar-refractivity contribution is 7.80. The molecule has 0 aromatic rings. The molecule has 0 amide bonds. The molecular formula is C12H25NO2S. The minimum absolute atomic E-state index is 0.736. The van der Waals surface area contributed by atoms with Gasteiger partial charge in [0.2, 0.25) is 0 Å². The van der Waals surface area contributed by atoms with Crippen molar-refractivity contribution in [3.05, 3.63) is 12.2 Å². The zero-order valence-electron chi connectivity index (χ0n) is 10.6. The fourth-order valence-corrected chi connectivity index (χ4v) is 1.41. The first-order chi connectivity index (χ1) is 7.74. The topological polar surface area (TPSA) is 21.7 Å². The van der Waals surface area contributed by atoms with Gasteiger partial charge in [0.25, 0.3) is 0 Å². The third kappa shape index (κ3) is 9.21. The van der Waals surface area contributed by atoms with Crippen molar-refractivity contribution in [1.29, 1.82) is 0 Å². The van der Waals surface area contributed by atoms with Crippen LogP contribution >= 0.6 is 12.6 Å². The van der Waals surface area contributed by atoms with E-state index in [-0.39, 0.29) is 0 Å². The summed E-state index contributed by atoms with van der Waals surface area (Å²) in [5, 5.41) is 0. The summed E-state index contributed by atoms with van der Waals surface area (Å²) in [6, 6.07) is 0. The van der Waals surface area contributed by atoms with E-state index in [2.05, 4.69) is 24.1 Å². The molecule has 0 atom stereocenters. The summed E-state index contributed by atoms with van der Waals surface area (Å²) in [4.78, 5) is 2.30. The van der Waals surface area contributed by atoms with E-state index >= 15 is 0 Å². The number of nitrogens with zero attached hydrogens (tertiary/aromatic N) is 1. The summed E-state index contributed by atoms with van der Waals surface area (Å²) in [6.07, 6.45) is 0. The van der Waals surface area contributed by atoms with Gasteiger partial charge in [0.05, 0.1) is 13.2 Å². The standard InChI is InChI=1S/C12H25NO2S/c1-4-14-8-6-13(7-9-15-5-2)10-12(3)11-16/h16H,3-11H2,1-2H3. The van der Waals surface area contributed by atoms with Gasteiger partial charge >= 0.3 is 0 Å². The van der Waals surface area contributed by atoms with E-state index in [1.54, 1.807) is 0 Å². The molecule has 0 heterocycles. The Morgan fingerprint density at radius 2 is 1.62 bits per heavy atom. The fourth-order valence-electron chi connectivity index (χ4n) is 1.31. The normalized spacial score (nSPS) is 11.0. The molecule has 0 aliphatic carbocycles. The van der Waals surface area contributed by atoms with Crippen molar-refractivity contribution >= 4 is 12.6 Å². The van der Waals surface area contributed by atoms with Gasteiger partial charge in [-0.25, -0.2) is 0 Å². The molecule has 0 rings (SSSR count). The highest BCUT2D eigenvalue weighted by Gasteiger charge is 2.05. The first-order valence-electron chi connectivity index (χ1n) is 5.89. The van der Waals surface area contributed by atoms with Crippen LogP contribution in [0.1, 0.15) is 13.8 Å². The Kier molecular flexibility index (Phi) is 11.4. The Bertz CT molecular complexity index is 166. The molecule has 0 fully saturated rings. The minimum atomic E-state index is 0.736. The van der Waals surface area contributed by atoms with Crippen LogP contribution in [0.15, 0.2) is 12.2 Å². The van der Waals surface area contributed by atoms with Crippen LogP contribution in [0.3, 0.4) is 0 Å². The maximum Gasteiger partial charge on any atom is 0.0593 e. The Balaban J connectivity index is 3.80. The van der Waals surface area contributed by atoms with Crippen molar-refractivity contribution in [3.8, 4) is 0 Å². The van der Waals surface area contributed by atoms with E-state index in [9.17, 15) is 0 Å². The number of ether oxygens (including phenoxy) is 2. The summed E-state index contributed by atoms with van der Waals surface area (Å²) in [6.45, 7) is 13.8. The fraction of sp³-hybridized carbons (Fsp3) is 0.833. The monoisotopic (exact) mass is 247 g/mol. The number of hydrogen-bond donors (Lipinski definition) is 1. The van der Waals surface area contributed by atoms with E-state index < -0.39 is 0 Å². The number of thiol groups is 1. The Labute approximate surface area is 105 Å². The van der Waals surface area contributed by atoms with Crippen molar-refractivity contribution in [3.63, 3.8) is 0 Å². The quantitative estimate of drug-likeness (QED) is 0.342. The molecule has 0 aromatic carbocycles. The third-order valence-electron chi connectivity index (χ3n) is 2.18. The molecule has 0 aromatic heterocycles. The van der Waals surface area contributed by atoms with Crippen LogP contribution in [0.5, 0.6) is 0 Å². The molecule has 0 radical (unpaired) electrons. The Morgan fingerprint density at radius 1 is 1.12 bits per heavy atom. The van der Waals surface area contributed by atoms with Gasteiger partial charge in [-0.15, -0.1) is 0 Å². The number of rotatable bonds is 11. The predicted octanol–water partition coefficient (Wildman–Crippen LogP) is 1.85. The predicted molar refractivity (Wildman–Crippen MR) is 72.4 cm³/mol. The van der Waals surface area contributed by atoms with Crippen molar-refractivity contribution < 1.29 is 9.47 Å². The maximum atomic E-state index is 5.35. The zero-order valence-corrected chi connectivity index (χ0v) is 11.5. The lowest BCUT2D eigenvalue weighted by atomic mass is 10.3. The van der Waals surface area contributed by atoms with Crippen LogP contribution in [0.2, 0.25) is 0 Å². The van der Waals surface area contributed by atoms with Gasteiger partial charge in [-0.3, -0.25) is 4.90 Å². The smallest absolute Gasteiger partial charge is 0.0593 e. The molecule has 0 N–H and O–H groups in total. The van der Waals surface area contributed by atoms with E-state index in [1.807, 2.05) is 13.8 Å². The average molecular weight is 247 g/mol. The van der Waals surface area contributed by atoms with Crippen LogP contribution in [0, 0.1) is 0 Å². The SMILES string of the molecule is C=C(CS)CN(CCOCC)CCOCC. The van der Waals surface area contributed by atoms with Crippen LogP contribution in [0.4, 0.5) is 0 Å². The van der Waals surface area contributed by atoms with Crippen molar-refractivity contribution in [2.75, 3.05) is 51.8 Å². The van der Waals surface area contributed by atoms with Gasteiger partial charge in [0, 0.05) is 38.6 Å². The van der Waals surface area contributed by atoms with Crippen LogP contribution in [-0.2, 0) is 9.47 Å². The maximum absolute atomic E-state index is 5.35. The summed E-state index contributed by atoms with van der Waals surface area (Å²) < 4.78 is 10.7. The third-order valence-corrected chi connectivity index (χ3v) is 2.63. The largest absolute Gasteiger partial charge is 0.380 e. The van der Waals surface area contributed by atoms with Crippen LogP contribution in [0.25, 0.3) is 0 Å². The molecule has 96 valence electrons. The molecule has 3 nitrogen and oxygen atoms in total. The second-order valence-electron chi connectivity index (χ2n) is 3.58. The highest BCUT2D eigenvalue weighted by atomic mass is 32.1. The zero-order chi connectivity index (χ0) is 12.2. The molecular weight excluding hydrogens is 222 g/mol. The molecule has 0 bridgehead atoms. The molecule has 0 spiro atoms. The average Bonchev–Trinajstić information content (AvgIpc) is 2.29. The second-order valence-corrected chi connectivity index (χ2v) is 3.89. The lowest BCUT2D eigenvalue weighted by Crippen LogP contribution is -2.33. The highest BCUT2D eigenvalue weighted by Crippen LogP contribution is 1.99. The molecule has 0 unspecified atom stereocenters. The van der Waals surface area contributed by atoms with Gasteiger partial charge in [-0.05, 0) is 13.8 Å². The summed E-state index contributed by atoms with van der Waals surface area (Å²) >= 11 is 4.22. The van der Waals surface area contributed by atoms with E-state index in [4.69, 9.17) is 9.47 Å². The van der Waals surface area contributed by atoms with E-state index in [1.165, 1.54) is 0 Å². The summed E-state index contributed by atoms with van der Waals surface area (Å²) in [7, 11) is 0. The molecule has 4 heteroatoms. The van der Waals surface area contributed by atoms with E-state index in [0.29, 0.717) is 0 Å². The van der Waals surface area contributed by atoms with Crippen molar-refractivity contribution in [1.82, 2.24) is 4.90 Å². The summed E-state index contributed by atoms with van der Waals surface area (Å²) in [5.41, 5.74) is 1.14. The van der Waals surface area contributed by atoms with Gasteiger partial charge in [-0.1, -0.05) is 12.2 Å². The molecule has 0 saturated heterocycles. The Hall–Kier alpha value is -0.0300.